The molecule has 4 heteroatoms. The molecule has 8 rings (SSSR count). The van der Waals surface area contributed by atoms with E-state index in [9.17, 15) is 0 Å². The van der Waals surface area contributed by atoms with Gasteiger partial charge in [0.1, 0.15) is 0 Å². The van der Waals surface area contributed by atoms with Crippen molar-refractivity contribution in [2.45, 2.75) is 68.2 Å². The molecule has 0 radical (unpaired) electrons. The van der Waals surface area contributed by atoms with E-state index in [0.717, 1.165) is 12.8 Å². The summed E-state index contributed by atoms with van der Waals surface area (Å²) in [5.74, 6) is 0. The van der Waals surface area contributed by atoms with Gasteiger partial charge in [0.2, 0.25) is 0 Å². The Labute approximate surface area is 341 Å². The fourth-order valence-corrected chi connectivity index (χ4v) is 6.75. The Hall–Kier alpha value is -2.36. The molecular weight excluding hydrogens is 980 g/mol. The number of rotatable bonds is 2. The number of halogens is 2. The van der Waals surface area contributed by atoms with E-state index < -0.39 is 0 Å². The second kappa shape index (κ2) is 18.9. The van der Waals surface area contributed by atoms with Crippen LogP contribution >= 0.6 is 0 Å². The monoisotopic (exact) mass is 1030 g/mol. The SMILES string of the molecule is C[C](C)=[Hf+2].C[C](C)=[Hf+2].Cc1ccc2c(c1)[cH-]c1c(C3=CC=CC3)c(C)ccc12.Cc1ccc2c(c1)[cH-]c1c(C3=CC=CC3)c(C)ccc12.[Cl-].[Cl-]. The van der Waals surface area contributed by atoms with Gasteiger partial charge in [0.15, 0.2) is 0 Å². The molecule has 0 heterocycles. The van der Waals surface area contributed by atoms with Crippen molar-refractivity contribution < 1.29 is 72.6 Å². The van der Waals surface area contributed by atoms with Gasteiger partial charge in [-0.1, -0.05) is 130 Å². The van der Waals surface area contributed by atoms with E-state index in [2.05, 4.69) is 165 Å². The van der Waals surface area contributed by atoms with Crippen molar-refractivity contribution in [2.24, 2.45) is 0 Å². The molecule has 0 N–H and O–H groups in total. The number of hydrogen-bond donors (Lipinski definition) is 0. The predicted molar refractivity (Wildman–Crippen MR) is 209 cm³/mol. The van der Waals surface area contributed by atoms with E-state index in [0.29, 0.717) is 0 Å². The van der Waals surface area contributed by atoms with Crippen molar-refractivity contribution in [3.05, 3.63) is 143 Å². The summed E-state index contributed by atoms with van der Waals surface area (Å²) in [5.41, 5.74) is 11.2. The van der Waals surface area contributed by atoms with E-state index >= 15 is 0 Å². The van der Waals surface area contributed by atoms with Crippen molar-refractivity contribution in [3.63, 3.8) is 0 Å². The summed E-state index contributed by atoms with van der Waals surface area (Å²) in [7, 11) is 0. The van der Waals surface area contributed by atoms with Gasteiger partial charge in [0.25, 0.3) is 0 Å². The van der Waals surface area contributed by atoms with Gasteiger partial charge in [-0.2, -0.15) is 0 Å². The van der Waals surface area contributed by atoms with Gasteiger partial charge in [0.05, 0.1) is 0 Å². The van der Waals surface area contributed by atoms with E-state index in [1.54, 1.807) is 6.51 Å². The molecule has 0 nitrogen and oxygen atoms in total. The quantitative estimate of drug-likeness (QED) is 0.132. The Bertz CT molecular complexity index is 2130. The van der Waals surface area contributed by atoms with Crippen LogP contribution in [0.5, 0.6) is 0 Å². The molecule has 0 saturated heterocycles. The largest absolute Gasteiger partial charge is 1.00 e. The summed E-state index contributed by atoms with van der Waals surface area (Å²) in [6.07, 6.45) is 15.4. The third kappa shape index (κ3) is 9.94. The molecule has 0 amide bonds. The average Bonchev–Trinajstić information content (AvgIpc) is 3.83. The van der Waals surface area contributed by atoms with E-state index in [1.165, 1.54) is 135 Å². The minimum Gasteiger partial charge on any atom is -1.00 e. The molecule has 50 heavy (non-hydrogen) atoms. The van der Waals surface area contributed by atoms with Crippen molar-refractivity contribution in [2.75, 3.05) is 0 Å². The van der Waals surface area contributed by atoms with Gasteiger partial charge >= 0.3 is 82.0 Å². The molecule has 2 aliphatic rings. The van der Waals surface area contributed by atoms with Gasteiger partial charge in [0, 0.05) is 0 Å². The van der Waals surface area contributed by atoms with Crippen LogP contribution in [0.3, 0.4) is 0 Å². The van der Waals surface area contributed by atoms with Crippen molar-refractivity contribution in [1.82, 2.24) is 0 Å². The molecule has 0 aromatic heterocycles. The maximum absolute atomic E-state index is 2.36. The van der Waals surface area contributed by atoms with Crippen LogP contribution in [0.25, 0.3) is 54.2 Å². The van der Waals surface area contributed by atoms with Gasteiger partial charge in [-0.05, 0) is 40.5 Å². The van der Waals surface area contributed by atoms with Crippen LogP contribution in [0, 0.1) is 27.7 Å². The third-order valence-corrected chi connectivity index (χ3v) is 8.69. The Morgan fingerprint density at radius 1 is 0.520 bits per heavy atom. The molecule has 0 atom stereocenters. The van der Waals surface area contributed by atoms with E-state index in [-0.39, 0.29) is 24.8 Å². The van der Waals surface area contributed by atoms with Gasteiger partial charge in [-0.3, -0.25) is 0 Å². The summed E-state index contributed by atoms with van der Waals surface area (Å²) in [4.78, 5) is 0. The molecule has 0 aliphatic heterocycles. The first-order valence-corrected chi connectivity index (χ1v) is 20.5. The third-order valence-electron chi connectivity index (χ3n) is 8.69. The zero-order valence-corrected chi connectivity index (χ0v) is 39.3. The number of hydrogen-bond acceptors (Lipinski definition) is 0. The van der Waals surface area contributed by atoms with Crippen molar-refractivity contribution in [3.8, 4) is 0 Å². The summed E-state index contributed by atoms with van der Waals surface area (Å²) >= 11 is 2.53. The normalized spacial score (nSPS) is 12.6. The average molecular weight is 1030 g/mol. The van der Waals surface area contributed by atoms with Crippen molar-refractivity contribution in [1.29, 1.82) is 0 Å². The van der Waals surface area contributed by atoms with E-state index in [4.69, 9.17) is 0 Å². The first-order valence-electron chi connectivity index (χ1n) is 16.9. The topological polar surface area (TPSA) is 0 Å². The van der Waals surface area contributed by atoms with Crippen LogP contribution in [0.15, 0.2) is 109 Å². The van der Waals surface area contributed by atoms with Crippen LogP contribution in [0.1, 0.15) is 73.9 Å². The molecule has 0 saturated carbocycles. The fourth-order valence-electron chi connectivity index (χ4n) is 6.75. The zero-order valence-electron chi connectivity index (χ0n) is 30.6. The van der Waals surface area contributed by atoms with Gasteiger partial charge in [-0.25, -0.2) is 0 Å². The fraction of sp³-hybridized carbons (Fsp3) is 0.217. The molecule has 252 valence electrons. The van der Waals surface area contributed by atoms with Crippen LogP contribution in [-0.4, -0.2) is 6.51 Å². The Balaban J connectivity index is 0.000000216. The second-order valence-corrected chi connectivity index (χ2v) is 20.7. The minimum absolute atomic E-state index is 0. The first kappa shape index (κ1) is 42.1. The Kier molecular flexibility index (Phi) is 15.9. The van der Waals surface area contributed by atoms with Crippen LogP contribution in [0.2, 0.25) is 0 Å². The molecular formula is C46H46Cl2Hf2. The number of fused-ring (bicyclic) bond motifs is 6. The maximum atomic E-state index is 2.36. The molecule has 0 fully saturated rings. The smallest absolute Gasteiger partial charge is 0.0159 e. The first-order chi connectivity index (χ1) is 22.9. The molecule has 6 aromatic rings. The summed E-state index contributed by atoms with van der Waals surface area (Å²) in [5, 5.41) is 11.0. The Morgan fingerprint density at radius 2 is 0.860 bits per heavy atom. The van der Waals surface area contributed by atoms with Gasteiger partial charge < -0.3 is 24.8 Å². The standard InChI is InChI=1S/2C20H17.2C3H6.2ClH.2Hf/c2*1-13-7-9-17-16(11-13)12-19-18(17)10-8-14(2)20(19)15-5-3-4-6-15;2*1-3-2;;;;/h2*3-5,7-12H,6H2,1-2H3;2*1-2H3;2*1H;;/q2*-1;;;;;2*+2/p-2. The second-order valence-electron chi connectivity index (χ2n) is 13.6. The van der Waals surface area contributed by atoms with E-state index in [1.807, 2.05) is 0 Å². The van der Waals surface area contributed by atoms with Crippen molar-refractivity contribution >= 4 is 60.7 Å². The number of aryl methyl sites for hydroxylation is 4. The van der Waals surface area contributed by atoms with Gasteiger partial charge in [-0.15, -0.1) is 67.4 Å². The molecule has 0 unspecified atom stereocenters. The molecule has 2 aliphatic carbocycles. The number of benzene rings is 4. The molecule has 0 spiro atoms. The predicted octanol–water partition coefficient (Wildman–Crippen LogP) is 6.84. The maximum Gasteiger partial charge on any atom is -0.0159 e. The molecule has 0 bridgehead atoms. The minimum atomic E-state index is 0. The zero-order chi connectivity index (χ0) is 34.5. The molecule has 6 aromatic carbocycles. The Morgan fingerprint density at radius 3 is 1.18 bits per heavy atom. The van der Waals surface area contributed by atoms with Crippen LogP contribution in [0.4, 0.5) is 0 Å². The summed E-state index contributed by atoms with van der Waals surface area (Å²) in [6.45, 7) is 17.3. The summed E-state index contributed by atoms with van der Waals surface area (Å²) in [6, 6.07) is 27.3. The number of allylic oxidation sites excluding steroid dienone is 8. The van der Waals surface area contributed by atoms with Crippen LogP contribution in [-0.2, 0) is 47.8 Å². The summed E-state index contributed by atoms with van der Waals surface area (Å²) < 4.78 is 3.11. The van der Waals surface area contributed by atoms with Crippen LogP contribution < -0.4 is 24.8 Å².